The van der Waals surface area contributed by atoms with Crippen LogP contribution >= 0.6 is 15.9 Å². The van der Waals surface area contributed by atoms with E-state index in [1.807, 2.05) is 85.8 Å². The van der Waals surface area contributed by atoms with Gasteiger partial charge in [0.15, 0.2) is 5.69 Å². The fourth-order valence-electron chi connectivity index (χ4n) is 3.92. The van der Waals surface area contributed by atoms with E-state index in [4.69, 9.17) is 0 Å². The van der Waals surface area contributed by atoms with Gasteiger partial charge in [-0.1, -0.05) is 75.7 Å². The minimum atomic E-state index is -0.319. The number of fused-ring (bicyclic) bond motifs is 1. The molecule has 0 aliphatic carbocycles. The summed E-state index contributed by atoms with van der Waals surface area (Å²) in [5, 5.41) is 13.7. The van der Waals surface area contributed by atoms with Crippen LogP contribution in [0.1, 0.15) is 33.4 Å². The number of hydrogen-bond donors (Lipinski definition) is 1. The Bertz CT molecular complexity index is 1430. The van der Waals surface area contributed by atoms with Crippen LogP contribution in [0, 0.1) is 6.92 Å². The Morgan fingerprint density at radius 2 is 1.70 bits per heavy atom. The Morgan fingerprint density at radius 3 is 2.48 bits per heavy atom. The predicted molar refractivity (Wildman–Crippen MR) is 131 cm³/mol. The first-order chi connectivity index (χ1) is 16.1. The summed E-state index contributed by atoms with van der Waals surface area (Å²) in [6, 6.07) is 25.3. The van der Waals surface area contributed by atoms with Crippen LogP contribution in [0.3, 0.4) is 0 Å². The summed E-state index contributed by atoms with van der Waals surface area (Å²) in [6.07, 6.45) is 3.55. The van der Waals surface area contributed by atoms with E-state index in [1.165, 1.54) is 0 Å². The number of pyridine rings is 1. The van der Waals surface area contributed by atoms with E-state index in [2.05, 4.69) is 36.5 Å². The molecule has 0 saturated carbocycles. The molecule has 1 atom stereocenters. The van der Waals surface area contributed by atoms with Crippen molar-refractivity contribution in [2.24, 2.45) is 0 Å². The number of benzene rings is 3. The van der Waals surface area contributed by atoms with Crippen molar-refractivity contribution in [2.45, 2.75) is 13.0 Å². The smallest absolute Gasteiger partial charge is 0.274 e. The molecule has 5 aromatic rings. The van der Waals surface area contributed by atoms with Gasteiger partial charge in [-0.2, -0.15) is 0 Å². The summed E-state index contributed by atoms with van der Waals surface area (Å²) in [5.74, 6) is -0.280. The molecule has 6 nitrogen and oxygen atoms in total. The number of halogens is 1. The number of rotatable bonds is 5. The van der Waals surface area contributed by atoms with E-state index in [-0.39, 0.29) is 11.9 Å². The van der Waals surface area contributed by atoms with Gasteiger partial charge in [0.1, 0.15) is 0 Å². The predicted octanol–water partition coefficient (Wildman–Crippen LogP) is 5.41. The van der Waals surface area contributed by atoms with Gasteiger partial charge >= 0.3 is 0 Å². The standard InChI is InChI=1S/C26H20BrN5O/c1-17-24(30-31-32(17)23-9-5-8-20-16-28-15-14-22(20)23)26(33)29-25(18-6-3-2-4-7-18)19-10-12-21(27)13-11-19/h2-16,25H,1H3,(H,29,33). The van der Waals surface area contributed by atoms with Gasteiger partial charge in [-0.15, -0.1) is 5.10 Å². The summed E-state index contributed by atoms with van der Waals surface area (Å²) >= 11 is 3.48. The van der Waals surface area contributed by atoms with Crippen molar-refractivity contribution in [1.29, 1.82) is 0 Å². The number of nitrogens with one attached hydrogen (secondary N) is 1. The Hall–Kier alpha value is -3.84. The number of hydrogen-bond acceptors (Lipinski definition) is 4. The lowest BCUT2D eigenvalue weighted by atomic mass is 9.98. The highest BCUT2D eigenvalue weighted by Crippen LogP contribution is 2.26. The Labute approximate surface area is 199 Å². The number of nitrogens with zero attached hydrogens (tertiary/aromatic N) is 4. The molecule has 0 spiro atoms. The van der Waals surface area contributed by atoms with Crippen molar-refractivity contribution in [1.82, 2.24) is 25.3 Å². The van der Waals surface area contributed by atoms with E-state index >= 15 is 0 Å². The van der Waals surface area contributed by atoms with Crippen LogP contribution in [0.15, 0.2) is 95.7 Å². The molecule has 33 heavy (non-hydrogen) atoms. The molecular formula is C26H20BrN5O. The lowest BCUT2D eigenvalue weighted by Gasteiger charge is -2.19. The minimum Gasteiger partial charge on any atom is -0.340 e. The zero-order valence-electron chi connectivity index (χ0n) is 17.8. The second-order valence-electron chi connectivity index (χ2n) is 7.68. The first-order valence-electron chi connectivity index (χ1n) is 10.5. The summed E-state index contributed by atoms with van der Waals surface area (Å²) in [5.41, 5.74) is 3.77. The molecule has 1 amide bonds. The van der Waals surface area contributed by atoms with E-state index in [0.29, 0.717) is 11.4 Å². The van der Waals surface area contributed by atoms with Crippen LogP contribution in [0.25, 0.3) is 16.5 Å². The second-order valence-corrected chi connectivity index (χ2v) is 8.59. The Morgan fingerprint density at radius 1 is 0.939 bits per heavy atom. The molecule has 0 radical (unpaired) electrons. The molecule has 1 N–H and O–H groups in total. The maximum atomic E-state index is 13.4. The number of carbonyl (C=O) groups excluding carboxylic acids is 1. The maximum absolute atomic E-state index is 13.4. The lowest BCUT2D eigenvalue weighted by Crippen LogP contribution is -2.30. The molecule has 0 saturated heterocycles. The molecule has 5 rings (SSSR count). The average molecular weight is 498 g/mol. The summed E-state index contributed by atoms with van der Waals surface area (Å²) < 4.78 is 2.68. The van der Waals surface area contributed by atoms with Crippen molar-refractivity contribution < 1.29 is 4.79 Å². The molecule has 0 bridgehead atoms. The molecule has 162 valence electrons. The van der Waals surface area contributed by atoms with Crippen molar-refractivity contribution in [3.63, 3.8) is 0 Å². The topological polar surface area (TPSA) is 72.7 Å². The van der Waals surface area contributed by atoms with Crippen molar-refractivity contribution in [3.05, 3.63) is 118 Å². The van der Waals surface area contributed by atoms with E-state index in [1.54, 1.807) is 17.1 Å². The molecule has 1 unspecified atom stereocenters. The third kappa shape index (κ3) is 4.15. The third-order valence-electron chi connectivity index (χ3n) is 5.61. The molecule has 0 aliphatic rings. The zero-order chi connectivity index (χ0) is 22.8. The first kappa shape index (κ1) is 21.0. The number of amides is 1. The fourth-order valence-corrected chi connectivity index (χ4v) is 4.18. The number of carbonyl (C=O) groups is 1. The lowest BCUT2D eigenvalue weighted by molar-refractivity contribution is 0.0937. The molecule has 0 fully saturated rings. The minimum absolute atomic E-state index is 0.280. The molecule has 7 heteroatoms. The SMILES string of the molecule is Cc1c(C(=O)NC(c2ccccc2)c2ccc(Br)cc2)nnn1-c1cccc2cnccc12. The van der Waals surface area contributed by atoms with Gasteiger partial charge in [0, 0.05) is 27.6 Å². The highest BCUT2D eigenvalue weighted by Gasteiger charge is 2.23. The second kappa shape index (κ2) is 8.96. The van der Waals surface area contributed by atoms with Gasteiger partial charge in [0.25, 0.3) is 5.91 Å². The monoisotopic (exact) mass is 497 g/mol. The van der Waals surface area contributed by atoms with Crippen LogP contribution in [-0.2, 0) is 0 Å². The van der Waals surface area contributed by atoms with Crippen molar-refractivity contribution >= 4 is 32.6 Å². The fraction of sp³-hybridized carbons (Fsp3) is 0.0769. The quantitative estimate of drug-likeness (QED) is 0.352. The largest absolute Gasteiger partial charge is 0.340 e. The summed E-state index contributed by atoms with van der Waals surface area (Å²) in [7, 11) is 0. The maximum Gasteiger partial charge on any atom is 0.274 e. The van der Waals surface area contributed by atoms with E-state index < -0.39 is 0 Å². The van der Waals surface area contributed by atoms with Crippen molar-refractivity contribution in [3.8, 4) is 5.69 Å². The first-order valence-corrected chi connectivity index (χ1v) is 11.3. The van der Waals surface area contributed by atoms with Gasteiger partial charge in [0.2, 0.25) is 0 Å². The zero-order valence-corrected chi connectivity index (χ0v) is 19.4. The molecule has 2 aromatic heterocycles. The van der Waals surface area contributed by atoms with Crippen LogP contribution in [0.2, 0.25) is 0 Å². The average Bonchev–Trinajstić information content (AvgIpc) is 3.24. The van der Waals surface area contributed by atoms with Crippen LogP contribution in [-0.4, -0.2) is 25.9 Å². The highest BCUT2D eigenvalue weighted by atomic mass is 79.9. The molecule has 3 aromatic carbocycles. The third-order valence-corrected chi connectivity index (χ3v) is 6.14. The van der Waals surface area contributed by atoms with Gasteiger partial charge in [-0.3, -0.25) is 9.78 Å². The van der Waals surface area contributed by atoms with Gasteiger partial charge in [-0.25, -0.2) is 4.68 Å². The molecule has 2 heterocycles. The summed E-state index contributed by atoms with van der Waals surface area (Å²) in [4.78, 5) is 17.5. The number of aromatic nitrogens is 4. The van der Waals surface area contributed by atoms with Crippen LogP contribution < -0.4 is 5.32 Å². The summed E-state index contributed by atoms with van der Waals surface area (Å²) in [6.45, 7) is 1.85. The van der Waals surface area contributed by atoms with Gasteiger partial charge in [0.05, 0.1) is 17.4 Å². The van der Waals surface area contributed by atoms with E-state index in [9.17, 15) is 4.79 Å². The van der Waals surface area contributed by atoms with E-state index in [0.717, 1.165) is 32.1 Å². The molecular weight excluding hydrogens is 478 g/mol. The van der Waals surface area contributed by atoms with Crippen molar-refractivity contribution in [2.75, 3.05) is 0 Å². The normalized spacial score (nSPS) is 11.9. The van der Waals surface area contributed by atoms with Crippen LogP contribution in [0.5, 0.6) is 0 Å². The van der Waals surface area contributed by atoms with Gasteiger partial charge in [-0.05, 0) is 42.3 Å². The highest BCUT2D eigenvalue weighted by molar-refractivity contribution is 9.10. The Kier molecular flexibility index (Phi) is 5.71. The van der Waals surface area contributed by atoms with Gasteiger partial charge < -0.3 is 5.32 Å². The van der Waals surface area contributed by atoms with Crippen LogP contribution in [0.4, 0.5) is 0 Å². The molecule has 0 aliphatic heterocycles. The Balaban J connectivity index is 1.50.